The average molecular weight is 301 g/mol. The molecule has 2 aromatic heterocycles. The van der Waals surface area contributed by atoms with E-state index in [1.54, 1.807) is 24.0 Å². The van der Waals surface area contributed by atoms with Gasteiger partial charge in [-0.25, -0.2) is 4.57 Å². The van der Waals surface area contributed by atoms with Crippen molar-refractivity contribution in [2.24, 2.45) is 7.05 Å². The van der Waals surface area contributed by atoms with Crippen molar-refractivity contribution in [1.29, 1.82) is 0 Å². The van der Waals surface area contributed by atoms with Gasteiger partial charge >= 0.3 is 11.8 Å². The van der Waals surface area contributed by atoms with Gasteiger partial charge in [-0.3, -0.25) is 4.57 Å². The van der Waals surface area contributed by atoms with Crippen LogP contribution in [0.4, 0.5) is 5.82 Å². The van der Waals surface area contributed by atoms with Crippen LogP contribution < -0.4 is 0 Å². The van der Waals surface area contributed by atoms with Crippen molar-refractivity contribution in [3.05, 3.63) is 63.8 Å². The third-order valence-electron chi connectivity index (χ3n) is 3.15. The molecule has 0 saturated carbocycles. The summed E-state index contributed by atoms with van der Waals surface area (Å²) >= 11 is 5.43. The van der Waals surface area contributed by atoms with Gasteiger partial charge in [0.1, 0.15) is 6.20 Å². The van der Waals surface area contributed by atoms with Crippen LogP contribution in [0.1, 0.15) is 0 Å². The summed E-state index contributed by atoms with van der Waals surface area (Å²) in [5.41, 5.74) is 0.921. The number of nitro groups is 1. The molecule has 7 nitrogen and oxygen atoms in total. The monoisotopic (exact) mass is 301 g/mol. The van der Waals surface area contributed by atoms with E-state index < -0.39 is 4.92 Å². The molecule has 0 fully saturated rings. The van der Waals surface area contributed by atoms with Crippen LogP contribution in [0, 0.1) is 14.9 Å². The number of benzene rings is 1. The Bertz CT molecular complexity index is 862. The maximum atomic E-state index is 10.9. The molecular formula is C13H11N5O2S. The second kappa shape index (κ2) is 4.98. The molecule has 3 aromatic rings. The molecule has 3 rings (SSSR count). The van der Waals surface area contributed by atoms with Crippen LogP contribution in [-0.2, 0) is 7.05 Å². The molecule has 0 N–H and O–H groups in total. The summed E-state index contributed by atoms with van der Waals surface area (Å²) in [5.74, 6) is 0.320. The average Bonchev–Trinajstić information content (AvgIpc) is 3.03. The maximum absolute atomic E-state index is 10.9. The molecule has 0 atom stereocenters. The Morgan fingerprint density at radius 1 is 1.19 bits per heavy atom. The Labute approximate surface area is 124 Å². The summed E-state index contributed by atoms with van der Waals surface area (Å²) in [7, 11) is 1.59. The fourth-order valence-corrected chi connectivity index (χ4v) is 2.41. The first-order chi connectivity index (χ1) is 10.1. The van der Waals surface area contributed by atoms with E-state index in [1.807, 2.05) is 34.9 Å². The van der Waals surface area contributed by atoms with Crippen molar-refractivity contribution in [2.45, 2.75) is 0 Å². The predicted molar refractivity (Wildman–Crippen MR) is 79.4 cm³/mol. The lowest BCUT2D eigenvalue weighted by Gasteiger charge is -2.02. The molecule has 0 spiro atoms. The van der Waals surface area contributed by atoms with Gasteiger partial charge in [0.15, 0.2) is 4.77 Å². The lowest BCUT2D eigenvalue weighted by atomic mass is 10.3. The van der Waals surface area contributed by atoms with Gasteiger partial charge < -0.3 is 10.1 Å². The minimum Gasteiger partial charge on any atom is -0.358 e. The fourth-order valence-electron chi connectivity index (χ4n) is 2.10. The molecule has 8 heteroatoms. The molecule has 0 aliphatic carbocycles. The number of hydrogen-bond donors (Lipinski definition) is 0. The summed E-state index contributed by atoms with van der Waals surface area (Å²) in [6.45, 7) is 0. The van der Waals surface area contributed by atoms with Crippen LogP contribution >= 0.6 is 12.2 Å². The highest BCUT2D eigenvalue weighted by molar-refractivity contribution is 7.71. The second-order valence-electron chi connectivity index (χ2n) is 4.39. The Morgan fingerprint density at radius 3 is 2.48 bits per heavy atom. The third-order valence-corrected chi connectivity index (χ3v) is 3.55. The van der Waals surface area contributed by atoms with E-state index in [0.29, 0.717) is 10.7 Å². The van der Waals surface area contributed by atoms with Crippen LogP contribution in [-0.4, -0.2) is 23.6 Å². The van der Waals surface area contributed by atoms with Crippen molar-refractivity contribution >= 4 is 18.0 Å². The number of imidazole rings is 2. The van der Waals surface area contributed by atoms with E-state index in [-0.39, 0.29) is 5.82 Å². The summed E-state index contributed by atoms with van der Waals surface area (Å²) in [4.78, 5) is 14.5. The van der Waals surface area contributed by atoms with Crippen molar-refractivity contribution in [3.63, 3.8) is 0 Å². The number of hydrogen-bond acceptors (Lipinski definition) is 4. The molecular weight excluding hydrogens is 290 g/mol. The van der Waals surface area contributed by atoms with Gasteiger partial charge in [0.05, 0.1) is 7.05 Å². The second-order valence-corrected chi connectivity index (χ2v) is 4.75. The van der Waals surface area contributed by atoms with Gasteiger partial charge in [0, 0.05) is 18.1 Å². The highest BCUT2D eigenvalue weighted by atomic mass is 32.1. The van der Waals surface area contributed by atoms with Gasteiger partial charge in [-0.2, -0.15) is 9.55 Å². The number of para-hydroxylation sites is 1. The van der Waals surface area contributed by atoms with Crippen molar-refractivity contribution in [3.8, 4) is 11.6 Å². The van der Waals surface area contributed by atoms with E-state index >= 15 is 0 Å². The van der Waals surface area contributed by atoms with Gasteiger partial charge in [0.25, 0.3) is 0 Å². The predicted octanol–water partition coefficient (Wildman–Crippen LogP) is 2.64. The molecule has 0 aliphatic rings. The number of rotatable bonds is 3. The normalized spacial score (nSPS) is 10.7. The highest BCUT2D eigenvalue weighted by Gasteiger charge is 2.19. The van der Waals surface area contributed by atoms with Gasteiger partial charge in [0.2, 0.25) is 0 Å². The highest BCUT2D eigenvalue weighted by Crippen LogP contribution is 2.17. The fraction of sp³-hybridized carbons (Fsp3) is 0.0769. The van der Waals surface area contributed by atoms with Crippen LogP contribution in [0.25, 0.3) is 11.6 Å². The first-order valence-corrected chi connectivity index (χ1v) is 6.52. The summed E-state index contributed by atoms with van der Waals surface area (Å²) < 4.78 is 5.33. The quantitative estimate of drug-likeness (QED) is 0.423. The van der Waals surface area contributed by atoms with E-state index in [0.717, 1.165) is 5.69 Å². The van der Waals surface area contributed by atoms with Gasteiger partial charge in [-0.1, -0.05) is 18.2 Å². The summed E-state index contributed by atoms with van der Waals surface area (Å²) in [6, 6.07) is 9.62. The Balaban J connectivity index is 2.12. The standard InChI is InChI=1S/C13H11N5O2S/c1-15-11(18(19)20)9-14-12(15)17-8-7-16(13(17)21)10-5-3-2-4-6-10/h2-9H,1H3. The molecule has 106 valence electrons. The molecule has 0 aliphatic heterocycles. The molecule has 2 heterocycles. The molecule has 1 aromatic carbocycles. The van der Waals surface area contributed by atoms with Crippen molar-refractivity contribution in [1.82, 2.24) is 18.7 Å². The Morgan fingerprint density at radius 2 is 1.86 bits per heavy atom. The first-order valence-electron chi connectivity index (χ1n) is 6.11. The van der Waals surface area contributed by atoms with Crippen LogP contribution in [0.5, 0.6) is 0 Å². The van der Waals surface area contributed by atoms with Crippen molar-refractivity contribution in [2.75, 3.05) is 0 Å². The van der Waals surface area contributed by atoms with E-state index in [9.17, 15) is 10.1 Å². The van der Waals surface area contributed by atoms with Crippen LogP contribution in [0.3, 0.4) is 0 Å². The molecule has 0 amide bonds. The zero-order chi connectivity index (χ0) is 15.0. The minimum absolute atomic E-state index is 0.0839. The van der Waals surface area contributed by atoms with E-state index in [2.05, 4.69) is 4.98 Å². The summed E-state index contributed by atoms with van der Waals surface area (Å²) in [6.07, 6.45) is 4.76. The lowest BCUT2D eigenvalue weighted by molar-refractivity contribution is -0.391. The number of nitrogens with zero attached hydrogens (tertiary/aromatic N) is 5. The molecule has 0 saturated heterocycles. The molecule has 0 bridgehead atoms. The van der Waals surface area contributed by atoms with Gasteiger partial charge in [-0.15, -0.1) is 0 Å². The van der Waals surface area contributed by atoms with Gasteiger partial charge in [-0.05, 0) is 29.3 Å². The summed E-state index contributed by atoms with van der Waals surface area (Å²) in [5, 5.41) is 10.9. The van der Waals surface area contributed by atoms with Crippen molar-refractivity contribution < 1.29 is 4.92 Å². The Hall–Kier alpha value is -2.74. The molecule has 0 unspecified atom stereocenters. The minimum atomic E-state index is -0.478. The van der Waals surface area contributed by atoms with Crippen LogP contribution in [0.2, 0.25) is 0 Å². The lowest BCUT2D eigenvalue weighted by Crippen LogP contribution is -2.06. The third kappa shape index (κ3) is 2.15. The molecule has 21 heavy (non-hydrogen) atoms. The zero-order valence-electron chi connectivity index (χ0n) is 11.1. The molecule has 0 radical (unpaired) electrons. The zero-order valence-corrected chi connectivity index (χ0v) is 11.9. The SMILES string of the molecule is Cn1c([N+](=O)[O-])cnc1-n1ccn(-c2ccccc2)c1=S. The van der Waals surface area contributed by atoms with E-state index in [1.165, 1.54) is 10.8 Å². The maximum Gasteiger partial charge on any atom is 0.344 e. The first kappa shape index (κ1) is 13.3. The smallest absolute Gasteiger partial charge is 0.344 e. The largest absolute Gasteiger partial charge is 0.358 e. The van der Waals surface area contributed by atoms with E-state index in [4.69, 9.17) is 12.2 Å². The van der Waals surface area contributed by atoms with Crippen LogP contribution in [0.15, 0.2) is 48.9 Å². The Kier molecular flexibility index (Phi) is 3.15. The topological polar surface area (TPSA) is 70.8 Å². The number of aromatic nitrogens is 4.